The number of para-hydroxylation sites is 1. The fourth-order valence-electron chi connectivity index (χ4n) is 1.82. The number of nitrogens with two attached hydrogens (primary N) is 1. The van der Waals surface area contributed by atoms with Crippen LogP contribution in [0.4, 0.5) is 0 Å². The van der Waals surface area contributed by atoms with Gasteiger partial charge in [-0.3, -0.25) is 4.98 Å². The maximum atomic E-state index is 5.70. The van der Waals surface area contributed by atoms with Crippen molar-refractivity contribution >= 4 is 0 Å². The summed E-state index contributed by atoms with van der Waals surface area (Å²) in [6, 6.07) is 13.6. The van der Waals surface area contributed by atoms with Crippen LogP contribution in [0.1, 0.15) is 17.8 Å². The van der Waals surface area contributed by atoms with Gasteiger partial charge in [-0.1, -0.05) is 18.2 Å². The van der Waals surface area contributed by atoms with Crippen molar-refractivity contribution in [2.24, 2.45) is 5.73 Å². The minimum atomic E-state index is 0.386. The molecule has 0 aliphatic rings. The molecule has 0 saturated carbocycles. The third-order valence-corrected chi connectivity index (χ3v) is 2.82. The number of nitrogens with zero attached hydrogens (tertiary/aromatic N) is 1. The molecule has 1 aromatic carbocycles. The van der Waals surface area contributed by atoms with Crippen LogP contribution in [0.25, 0.3) is 0 Å². The Labute approximate surface area is 119 Å². The summed E-state index contributed by atoms with van der Waals surface area (Å²) >= 11 is 0. The number of ether oxygens (including phenoxy) is 2. The topological polar surface area (TPSA) is 57.4 Å². The predicted octanol–water partition coefficient (Wildman–Crippen LogP) is 2.70. The lowest BCUT2D eigenvalue weighted by molar-refractivity contribution is 0.245. The number of hydrogen-bond acceptors (Lipinski definition) is 4. The summed E-state index contributed by atoms with van der Waals surface area (Å²) in [5, 5.41) is 0. The van der Waals surface area contributed by atoms with Crippen molar-refractivity contribution in [1.82, 2.24) is 4.98 Å². The molecule has 0 amide bonds. The second kappa shape index (κ2) is 7.50. The molecule has 2 aromatic rings. The van der Waals surface area contributed by atoms with E-state index in [-0.39, 0.29) is 0 Å². The van der Waals surface area contributed by atoms with E-state index >= 15 is 0 Å². The van der Waals surface area contributed by atoms with Crippen LogP contribution in [-0.2, 0) is 6.54 Å². The van der Waals surface area contributed by atoms with E-state index in [1.807, 2.05) is 49.4 Å². The monoisotopic (exact) mass is 272 g/mol. The lowest BCUT2D eigenvalue weighted by Gasteiger charge is -2.11. The molecule has 0 bridgehead atoms. The Hall–Kier alpha value is -2.07. The quantitative estimate of drug-likeness (QED) is 0.787. The first-order chi connectivity index (χ1) is 9.79. The molecule has 0 saturated heterocycles. The van der Waals surface area contributed by atoms with Gasteiger partial charge in [-0.05, 0) is 31.2 Å². The third-order valence-electron chi connectivity index (χ3n) is 2.82. The van der Waals surface area contributed by atoms with Crippen LogP contribution in [-0.4, -0.2) is 18.2 Å². The summed E-state index contributed by atoms with van der Waals surface area (Å²) in [7, 11) is 0. The second-order valence-corrected chi connectivity index (χ2v) is 4.47. The van der Waals surface area contributed by atoms with Crippen molar-refractivity contribution in [3.63, 3.8) is 0 Å². The molecule has 0 unspecified atom stereocenters. The van der Waals surface area contributed by atoms with Gasteiger partial charge in [0.1, 0.15) is 11.5 Å². The first-order valence-corrected chi connectivity index (χ1v) is 6.77. The SMILES string of the molecule is Cc1ccc(OCCCOc2ccccc2)c(CN)n1. The van der Waals surface area contributed by atoms with Gasteiger partial charge in [0.2, 0.25) is 0 Å². The number of aryl methyl sites for hydroxylation is 1. The average molecular weight is 272 g/mol. The van der Waals surface area contributed by atoms with Gasteiger partial charge in [0.15, 0.2) is 0 Å². The fraction of sp³-hybridized carbons (Fsp3) is 0.312. The fourth-order valence-corrected chi connectivity index (χ4v) is 1.82. The summed E-state index contributed by atoms with van der Waals surface area (Å²) in [6.07, 6.45) is 0.812. The molecule has 106 valence electrons. The summed E-state index contributed by atoms with van der Waals surface area (Å²) in [4.78, 5) is 4.36. The maximum Gasteiger partial charge on any atom is 0.142 e. The van der Waals surface area contributed by atoms with Crippen LogP contribution in [0.2, 0.25) is 0 Å². The van der Waals surface area contributed by atoms with Gasteiger partial charge in [-0.2, -0.15) is 0 Å². The second-order valence-electron chi connectivity index (χ2n) is 4.47. The van der Waals surface area contributed by atoms with Crippen molar-refractivity contribution in [2.45, 2.75) is 19.9 Å². The molecular weight excluding hydrogens is 252 g/mol. The highest BCUT2D eigenvalue weighted by atomic mass is 16.5. The van der Waals surface area contributed by atoms with E-state index in [0.29, 0.717) is 19.8 Å². The zero-order chi connectivity index (χ0) is 14.2. The van der Waals surface area contributed by atoms with Gasteiger partial charge in [0.25, 0.3) is 0 Å². The predicted molar refractivity (Wildman–Crippen MR) is 78.9 cm³/mol. The molecule has 0 radical (unpaired) electrons. The summed E-state index contributed by atoms with van der Waals surface area (Å²) < 4.78 is 11.3. The summed E-state index contributed by atoms with van der Waals surface area (Å²) in [6.45, 7) is 3.54. The number of rotatable bonds is 7. The highest BCUT2D eigenvalue weighted by Gasteiger charge is 2.04. The molecule has 0 fully saturated rings. The van der Waals surface area contributed by atoms with Crippen LogP contribution < -0.4 is 15.2 Å². The molecule has 4 heteroatoms. The Kier molecular flexibility index (Phi) is 5.38. The van der Waals surface area contributed by atoms with Crippen LogP contribution in [0.15, 0.2) is 42.5 Å². The lowest BCUT2D eigenvalue weighted by atomic mass is 10.3. The Bertz CT molecular complexity index is 529. The van der Waals surface area contributed by atoms with Crippen molar-refractivity contribution in [2.75, 3.05) is 13.2 Å². The average Bonchev–Trinajstić information content (AvgIpc) is 2.49. The van der Waals surface area contributed by atoms with Gasteiger partial charge in [0, 0.05) is 18.7 Å². The van der Waals surface area contributed by atoms with Gasteiger partial charge in [-0.25, -0.2) is 0 Å². The summed E-state index contributed by atoms with van der Waals surface area (Å²) in [5.41, 5.74) is 7.41. The smallest absolute Gasteiger partial charge is 0.142 e. The Morgan fingerprint density at radius 1 is 1.00 bits per heavy atom. The molecule has 4 nitrogen and oxygen atoms in total. The molecule has 0 spiro atoms. The molecule has 1 aromatic heterocycles. The highest BCUT2D eigenvalue weighted by Crippen LogP contribution is 2.16. The lowest BCUT2D eigenvalue weighted by Crippen LogP contribution is -2.09. The van der Waals surface area contributed by atoms with Gasteiger partial charge in [-0.15, -0.1) is 0 Å². The van der Waals surface area contributed by atoms with E-state index < -0.39 is 0 Å². The molecule has 2 rings (SSSR count). The van der Waals surface area contributed by atoms with Crippen molar-refractivity contribution in [3.8, 4) is 11.5 Å². The van der Waals surface area contributed by atoms with E-state index in [2.05, 4.69) is 4.98 Å². The standard InChI is InChI=1S/C16H20N2O2/c1-13-8-9-16(15(12-17)18-13)20-11-5-10-19-14-6-3-2-4-7-14/h2-4,6-9H,5,10-12,17H2,1H3. The van der Waals surface area contributed by atoms with E-state index in [1.165, 1.54) is 0 Å². The first-order valence-electron chi connectivity index (χ1n) is 6.77. The minimum absolute atomic E-state index is 0.386. The number of aromatic nitrogens is 1. The number of hydrogen-bond donors (Lipinski definition) is 1. The van der Waals surface area contributed by atoms with Crippen molar-refractivity contribution in [1.29, 1.82) is 0 Å². The molecule has 1 heterocycles. The molecular formula is C16H20N2O2. The third kappa shape index (κ3) is 4.24. The van der Waals surface area contributed by atoms with E-state index in [4.69, 9.17) is 15.2 Å². The summed E-state index contributed by atoms with van der Waals surface area (Å²) in [5.74, 6) is 1.64. The Morgan fingerprint density at radius 2 is 1.75 bits per heavy atom. The van der Waals surface area contributed by atoms with Crippen LogP contribution >= 0.6 is 0 Å². The Balaban J connectivity index is 1.73. The van der Waals surface area contributed by atoms with Crippen molar-refractivity contribution in [3.05, 3.63) is 53.9 Å². The van der Waals surface area contributed by atoms with Crippen LogP contribution in [0, 0.1) is 6.92 Å². The van der Waals surface area contributed by atoms with E-state index in [1.54, 1.807) is 0 Å². The molecule has 0 aliphatic carbocycles. The maximum absolute atomic E-state index is 5.70. The minimum Gasteiger partial charge on any atom is -0.493 e. The molecule has 2 N–H and O–H groups in total. The van der Waals surface area contributed by atoms with Crippen LogP contribution in [0.3, 0.4) is 0 Å². The Morgan fingerprint density at radius 3 is 2.50 bits per heavy atom. The molecule has 0 atom stereocenters. The molecule has 0 aliphatic heterocycles. The van der Waals surface area contributed by atoms with Crippen molar-refractivity contribution < 1.29 is 9.47 Å². The largest absolute Gasteiger partial charge is 0.493 e. The van der Waals surface area contributed by atoms with E-state index in [0.717, 1.165) is 29.3 Å². The molecule has 20 heavy (non-hydrogen) atoms. The zero-order valence-corrected chi connectivity index (χ0v) is 11.7. The van der Waals surface area contributed by atoms with E-state index in [9.17, 15) is 0 Å². The number of benzene rings is 1. The number of pyridine rings is 1. The first kappa shape index (κ1) is 14.3. The normalized spacial score (nSPS) is 10.3. The van der Waals surface area contributed by atoms with Gasteiger partial charge >= 0.3 is 0 Å². The van der Waals surface area contributed by atoms with Crippen LogP contribution in [0.5, 0.6) is 11.5 Å². The highest BCUT2D eigenvalue weighted by molar-refractivity contribution is 5.29. The van der Waals surface area contributed by atoms with Gasteiger partial charge in [0.05, 0.1) is 18.9 Å². The zero-order valence-electron chi connectivity index (χ0n) is 11.7. The van der Waals surface area contributed by atoms with Gasteiger partial charge < -0.3 is 15.2 Å².